The molecule has 0 unspecified atom stereocenters. The molecule has 1 aliphatic carbocycles. The number of rotatable bonds is 12. The molecule has 1 heterocycles. The summed E-state index contributed by atoms with van der Waals surface area (Å²) < 4.78 is 0. The van der Waals surface area contributed by atoms with Crippen LogP contribution >= 0.6 is 0 Å². The van der Waals surface area contributed by atoms with Gasteiger partial charge in [0.05, 0.1) is 5.41 Å². The first kappa shape index (κ1) is 27.5. The topological polar surface area (TPSA) is 95.1 Å². The van der Waals surface area contributed by atoms with Gasteiger partial charge >= 0.3 is 0 Å². The first-order chi connectivity index (χ1) is 18.5. The highest BCUT2D eigenvalue weighted by atomic mass is 16.2. The van der Waals surface area contributed by atoms with Gasteiger partial charge in [-0.25, -0.2) is 0 Å². The number of H-pyrrole nitrogens is 1. The smallest absolute Gasteiger partial charge is 0.230 e. The van der Waals surface area contributed by atoms with E-state index in [0.29, 0.717) is 38.4 Å². The van der Waals surface area contributed by atoms with Crippen molar-refractivity contribution < 1.29 is 9.59 Å². The first-order valence-electron chi connectivity index (χ1n) is 14.0. The fourth-order valence-electron chi connectivity index (χ4n) is 5.64. The van der Waals surface area contributed by atoms with Crippen LogP contribution in [-0.4, -0.2) is 61.9 Å². The minimum absolute atomic E-state index is 0.136. The van der Waals surface area contributed by atoms with Crippen molar-refractivity contribution in [1.82, 2.24) is 30.4 Å². The molecule has 3 aromatic rings. The summed E-state index contributed by atoms with van der Waals surface area (Å²) in [7, 11) is 0. The number of carbonyl (C=O) groups excluding carboxylic acids is 2. The van der Waals surface area contributed by atoms with Crippen LogP contribution in [-0.2, 0) is 16.1 Å². The summed E-state index contributed by atoms with van der Waals surface area (Å²) in [6, 6.07) is 16.3. The lowest BCUT2D eigenvalue weighted by Crippen LogP contribution is -2.50. The van der Waals surface area contributed by atoms with E-state index in [-0.39, 0.29) is 11.8 Å². The maximum absolute atomic E-state index is 13.7. The molecule has 4 rings (SSSR count). The molecule has 2 amide bonds. The van der Waals surface area contributed by atoms with Crippen molar-refractivity contribution in [1.29, 1.82) is 0 Å². The van der Waals surface area contributed by atoms with E-state index in [1.807, 2.05) is 47.9 Å². The van der Waals surface area contributed by atoms with Gasteiger partial charge in [-0.1, -0.05) is 74.7 Å². The zero-order valence-corrected chi connectivity index (χ0v) is 22.9. The highest BCUT2D eigenvalue weighted by Crippen LogP contribution is 2.41. The van der Waals surface area contributed by atoms with E-state index in [0.717, 1.165) is 60.8 Å². The number of unbranched alkanes of at least 4 members (excludes halogenated alkanes) is 1. The lowest BCUT2D eigenvalue weighted by Gasteiger charge is -2.38. The van der Waals surface area contributed by atoms with Crippen molar-refractivity contribution in [2.75, 3.05) is 19.6 Å². The number of aromatic nitrogens is 4. The summed E-state index contributed by atoms with van der Waals surface area (Å²) >= 11 is 0. The van der Waals surface area contributed by atoms with Gasteiger partial charge < -0.3 is 9.80 Å². The Kier molecular flexibility index (Phi) is 9.26. The van der Waals surface area contributed by atoms with E-state index in [9.17, 15) is 9.59 Å². The molecule has 1 aromatic heterocycles. The SMILES string of the molecule is CCCCC(=O)N(Cc1ccc(-c2ccccc2-c2nn[nH]n2)cc1)CC1(C(=O)N(CC)CC)CCCC1. The monoisotopic (exact) mass is 516 g/mol. The van der Waals surface area contributed by atoms with Crippen molar-refractivity contribution in [2.24, 2.45) is 5.41 Å². The molecule has 2 aromatic carbocycles. The van der Waals surface area contributed by atoms with E-state index in [1.54, 1.807) is 0 Å². The summed E-state index contributed by atoms with van der Waals surface area (Å²) in [5.74, 6) is 0.899. The molecule has 1 aliphatic rings. The molecular formula is C30H40N6O2. The molecule has 1 saturated carbocycles. The Morgan fingerprint density at radius 2 is 1.61 bits per heavy atom. The van der Waals surface area contributed by atoms with Crippen LogP contribution in [0.25, 0.3) is 22.5 Å². The average molecular weight is 517 g/mol. The second kappa shape index (κ2) is 12.8. The number of carbonyl (C=O) groups is 2. The normalized spacial score (nSPS) is 14.4. The number of nitrogens with one attached hydrogen (secondary N) is 1. The number of hydrogen-bond acceptors (Lipinski definition) is 5. The molecule has 0 bridgehead atoms. The Balaban J connectivity index is 1.58. The van der Waals surface area contributed by atoms with Gasteiger partial charge in [0.1, 0.15) is 0 Å². The number of tetrazole rings is 1. The van der Waals surface area contributed by atoms with Crippen LogP contribution in [0, 0.1) is 5.41 Å². The van der Waals surface area contributed by atoms with Gasteiger partial charge in [0, 0.05) is 38.2 Å². The van der Waals surface area contributed by atoms with Crippen LogP contribution in [0.1, 0.15) is 71.3 Å². The zero-order valence-electron chi connectivity index (χ0n) is 22.9. The average Bonchev–Trinajstić information content (AvgIpc) is 3.66. The molecule has 0 saturated heterocycles. The summed E-state index contributed by atoms with van der Waals surface area (Å²) in [4.78, 5) is 31.0. The summed E-state index contributed by atoms with van der Waals surface area (Å²) in [6.45, 7) is 8.57. The zero-order chi connectivity index (χ0) is 27.0. The van der Waals surface area contributed by atoms with Crippen LogP contribution in [0.2, 0.25) is 0 Å². The predicted octanol–water partition coefficient (Wildman–Crippen LogP) is 5.48. The van der Waals surface area contributed by atoms with Crippen molar-refractivity contribution in [3.63, 3.8) is 0 Å². The molecule has 0 aliphatic heterocycles. The van der Waals surface area contributed by atoms with Gasteiger partial charge in [0.25, 0.3) is 0 Å². The summed E-state index contributed by atoms with van der Waals surface area (Å²) in [5.41, 5.74) is 3.55. The minimum atomic E-state index is -0.475. The van der Waals surface area contributed by atoms with Crippen LogP contribution in [0.3, 0.4) is 0 Å². The van der Waals surface area contributed by atoms with Crippen LogP contribution in [0.4, 0.5) is 0 Å². The molecular weight excluding hydrogens is 476 g/mol. The molecule has 38 heavy (non-hydrogen) atoms. The van der Waals surface area contributed by atoms with Crippen molar-refractivity contribution in [3.8, 4) is 22.5 Å². The second-order valence-electron chi connectivity index (χ2n) is 10.3. The fraction of sp³-hybridized carbons (Fsp3) is 0.500. The lowest BCUT2D eigenvalue weighted by atomic mass is 9.83. The molecule has 0 spiro atoms. The largest absolute Gasteiger partial charge is 0.343 e. The molecule has 1 fully saturated rings. The summed E-state index contributed by atoms with van der Waals surface area (Å²) in [5, 5.41) is 14.5. The molecule has 0 atom stereocenters. The van der Waals surface area contributed by atoms with Crippen LogP contribution in [0.5, 0.6) is 0 Å². The molecule has 1 N–H and O–H groups in total. The van der Waals surface area contributed by atoms with Crippen molar-refractivity contribution in [3.05, 3.63) is 54.1 Å². The van der Waals surface area contributed by atoms with Gasteiger partial charge in [-0.2, -0.15) is 5.21 Å². The molecule has 202 valence electrons. The first-order valence-corrected chi connectivity index (χ1v) is 14.0. The Morgan fingerprint density at radius 1 is 0.921 bits per heavy atom. The third-order valence-electron chi connectivity index (χ3n) is 7.81. The van der Waals surface area contributed by atoms with Crippen molar-refractivity contribution >= 4 is 11.8 Å². The maximum atomic E-state index is 13.7. The number of amides is 2. The van der Waals surface area contributed by atoms with Gasteiger partial charge in [0.15, 0.2) is 0 Å². The molecule has 8 nitrogen and oxygen atoms in total. The van der Waals surface area contributed by atoms with Gasteiger partial charge in [-0.3, -0.25) is 9.59 Å². The Labute approximate surface area is 225 Å². The van der Waals surface area contributed by atoms with E-state index in [4.69, 9.17) is 0 Å². The highest BCUT2D eigenvalue weighted by Gasteiger charge is 2.44. The van der Waals surface area contributed by atoms with Gasteiger partial charge in [0.2, 0.25) is 17.6 Å². The van der Waals surface area contributed by atoms with E-state index in [2.05, 4.69) is 51.8 Å². The second-order valence-corrected chi connectivity index (χ2v) is 10.3. The van der Waals surface area contributed by atoms with Crippen LogP contribution in [0.15, 0.2) is 48.5 Å². The van der Waals surface area contributed by atoms with E-state index < -0.39 is 5.41 Å². The quantitative estimate of drug-likeness (QED) is 0.344. The number of benzene rings is 2. The lowest BCUT2D eigenvalue weighted by molar-refractivity contribution is -0.145. The molecule has 0 radical (unpaired) electrons. The predicted molar refractivity (Wildman–Crippen MR) is 149 cm³/mol. The maximum Gasteiger partial charge on any atom is 0.230 e. The Hall–Kier alpha value is -3.55. The summed E-state index contributed by atoms with van der Waals surface area (Å²) in [6.07, 6.45) is 6.13. The van der Waals surface area contributed by atoms with Gasteiger partial charge in [-0.05, 0) is 55.0 Å². The number of aromatic amines is 1. The van der Waals surface area contributed by atoms with Gasteiger partial charge in [-0.15, -0.1) is 10.2 Å². The number of nitrogens with zero attached hydrogens (tertiary/aromatic N) is 5. The van der Waals surface area contributed by atoms with E-state index >= 15 is 0 Å². The standard InChI is InChI=1S/C30H40N6O2/c1-4-7-14-27(37)36(22-30(19-10-11-20-30)29(38)35(5-2)6-3)21-23-15-17-24(18-16-23)25-12-8-9-13-26(25)28-31-33-34-32-28/h8-9,12-13,15-18H,4-7,10-11,14,19-22H2,1-3H3,(H,31,32,33,34). The fourth-order valence-corrected chi connectivity index (χ4v) is 5.64. The minimum Gasteiger partial charge on any atom is -0.343 e. The van der Waals surface area contributed by atoms with Crippen molar-refractivity contribution in [2.45, 2.75) is 72.3 Å². The van der Waals surface area contributed by atoms with Crippen LogP contribution < -0.4 is 0 Å². The third kappa shape index (κ3) is 6.11. The number of hydrogen-bond donors (Lipinski definition) is 1. The Bertz CT molecular complexity index is 1180. The Morgan fingerprint density at radius 3 is 2.21 bits per heavy atom. The molecule has 8 heteroatoms. The third-order valence-corrected chi connectivity index (χ3v) is 7.81. The van der Waals surface area contributed by atoms with E-state index in [1.165, 1.54) is 0 Å². The highest BCUT2D eigenvalue weighted by molar-refractivity contribution is 5.85.